The highest BCUT2D eigenvalue weighted by molar-refractivity contribution is 5.76. The smallest absolute Gasteiger partial charge is 0.222 e. The molecule has 0 saturated carbocycles. The Morgan fingerprint density at radius 2 is 0.796 bits per heavy atom. The zero-order valence-electron chi connectivity index (χ0n) is 37.7. The van der Waals surface area contributed by atoms with E-state index in [0.29, 0.717) is 36.5 Å². The van der Waals surface area contributed by atoms with Gasteiger partial charge in [-0.2, -0.15) is 0 Å². The predicted octanol–water partition coefficient (Wildman–Crippen LogP) is 2.36. The third-order valence-corrected chi connectivity index (χ3v) is 11.2. The maximum absolute atomic E-state index is 12.7. The first-order valence-electron chi connectivity index (χ1n) is 22.3. The van der Waals surface area contributed by atoms with Crippen LogP contribution in [0.1, 0.15) is 156 Å². The Morgan fingerprint density at radius 3 is 1.15 bits per heavy atom. The molecule has 0 saturated heterocycles. The zero-order valence-corrected chi connectivity index (χ0v) is 39.2. The van der Waals surface area contributed by atoms with E-state index < -0.39 is 0 Å². The van der Waals surface area contributed by atoms with Crippen LogP contribution in [-0.4, -0.2) is 138 Å². The maximum Gasteiger partial charge on any atom is 0.222 e. The summed E-state index contributed by atoms with van der Waals surface area (Å²) in [5, 5.41) is 7.30. The lowest BCUT2D eigenvalue weighted by atomic mass is 9.98. The molecule has 2 unspecified atom stereocenters. The average Bonchev–Trinajstić information content (AvgIpc) is 3.08. The Kier molecular flexibility index (Phi) is 39.2. The molecule has 0 aliphatic rings. The largest absolute Gasteiger partial charge is 1.00 e. The van der Waals surface area contributed by atoms with Crippen molar-refractivity contribution >= 4 is 11.8 Å². The number of carbonyl (C=O) groups excluding carboxylic acids is 2. The SMILES string of the molecule is CCCCCCCC(C)CC(=O)N(C)CCC[N+](C)(C)CCCNCCCCNCCC[N+](C)(C)CCCN(C)C(=O)CC(C)CCCCCCC.[Cl-].[Cl-]. The van der Waals surface area contributed by atoms with Crippen LogP contribution in [0.5, 0.6) is 0 Å². The second-order valence-corrected chi connectivity index (χ2v) is 18.0. The average molecular weight is 810 g/mol. The normalized spacial score (nSPS) is 12.9. The molecule has 0 spiro atoms. The van der Waals surface area contributed by atoms with Crippen molar-refractivity contribution in [1.29, 1.82) is 0 Å². The molecular weight excluding hydrogens is 715 g/mol. The standard InChI is InChI=1S/C44H94N6O2.2ClH/c1-11-13-15-17-19-27-41(3)39-43(51)47(5)33-25-37-49(7,8)35-23-31-45-29-21-22-30-46-32-24-36-50(9,10)38-26-34-48(6)44(52)40-42(4)28-20-18-16-14-12-2;;/h41-42,45-46H,11-40H2,1-10H3;2*1H/q+2;;/p-2. The summed E-state index contributed by atoms with van der Waals surface area (Å²) in [7, 11) is 13.3. The van der Waals surface area contributed by atoms with Gasteiger partial charge in [-0.1, -0.05) is 105 Å². The lowest BCUT2D eigenvalue weighted by Gasteiger charge is -2.31. The molecule has 0 aromatic rings. The predicted molar refractivity (Wildman–Crippen MR) is 227 cm³/mol. The van der Waals surface area contributed by atoms with Crippen LogP contribution in [-0.2, 0) is 9.59 Å². The molecule has 0 heterocycles. The second kappa shape index (κ2) is 36.7. The molecule has 0 aliphatic heterocycles. The highest BCUT2D eigenvalue weighted by Gasteiger charge is 2.19. The Hall–Kier alpha value is -0.640. The fraction of sp³-hybridized carbons (Fsp3) is 0.955. The van der Waals surface area contributed by atoms with Gasteiger partial charge in [0.2, 0.25) is 11.8 Å². The van der Waals surface area contributed by atoms with Crippen molar-refractivity contribution < 1.29 is 43.4 Å². The first-order chi connectivity index (χ1) is 24.7. The van der Waals surface area contributed by atoms with E-state index in [4.69, 9.17) is 0 Å². The van der Waals surface area contributed by atoms with Gasteiger partial charge in [-0.3, -0.25) is 9.59 Å². The molecule has 2 atom stereocenters. The number of unbranched alkanes of at least 4 members (excludes halogenated alkanes) is 9. The van der Waals surface area contributed by atoms with Gasteiger partial charge in [0, 0.05) is 78.8 Å². The highest BCUT2D eigenvalue weighted by Crippen LogP contribution is 2.17. The number of carbonyl (C=O) groups is 2. The summed E-state index contributed by atoms with van der Waals surface area (Å²) in [5.74, 6) is 1.63. The number of hydrogen-bond donors (Lipinski definition) is 2. The quantitative estimate of drug-likeness (QED) is 0.0749. The van der Waals surface area contributed by atoms with Crippen LogP contribution in [0.2, 0.25) is 0 Å². The van der Waals surface area contributed by atoms with Crippen molar-refractivity contribution in [3.63, 3.8) is 0 Å². The van der Waals surface area contributed by atoms with Crippen molar-refractivity contribution in [3.8, 4) is 0 Å². The molecule has 0 fully saturated rings. The Labute approximate surface area is 350 Å². The Bertz CT molecular complexity index is 795. The summed E-state index contributed by atoms with van der Waals surface area (Å²) >= 11 is 0. The first kappa shape index (κ1) is 57.7. The van der Waals surface area contributed by atoms with Crippen LogP contribution < -0.4 is 35.4 Å². The van der Waals surface area contributed by atoms with Crippen LogP contribution >= 0.6 is 0 Å². The second-order valence-electron chi connectivity index (χ2n) is 18.0. The molecular formula is C44H94Cl2N6O2. The molecule has 10 heteroatoms. The molecule has 8 nitrogen and oxygen atoms in total. The molecule has 2 N–H and O–H groups in total. The zero-order chi connectivity index (χ0) is 39.1. The van der Waals surface area contributed by atoms with E-state index in [-0.39, 0.29) is 24.8 Å². The molecule has 0 radical (unpaired) electrons. The maximum atomic E-state index is 12.7. The summed E-state index contributed by atoms with van der Waals surface area (Å²) in [5.41, 5.74) is 0. The molecule has 0 aromatic carbocycles. The minimum Gasteiger partial charge on any atom is -1.00 e. The van der Waals surface area contributed by atoms with Gasteiger partial charge < -0.3 is 54.2 Å². The fourth-order valence-corrected chi connectivity index (χ4v) is 7.26. The van der Waals surface area contributed by atoms with E-state index in [2.05, 4.69) is 66.5 Å². The van der Waals surface area contributed by atoms with Crippen LogP contribution in [0.25, 0.3) is 0 Å². The minimum absolute atomic E-state index is 0. The topological polar surface area (TPSA) is 64.7 Å². The number of rotatable bonds is 37. The number of hydrogen-bond acceptors (Lipinski definition) is 4. The Morgan fingerprint density at radius 1 is 0.481 bits per heavy atom. The summed E-state index contributed by atoms with van der Waals surface area (Å²) in [6, 6.07) is 0. The summed E-state index contributed by atoms with van der Waals surface area (Å²) in [6.07, 6.45) is 23.8. The van der Waals surface area contributed by atoms with Crippen molar-refractivity contribution in [2.75, 3.05) is 108 Å². The van der Waals surface area contributed by atoms with Gasteiger partial charge in [0.05, 0.1) is 54.4 Å². The van der Waals surface area contributed by atoms with Gasteiger partial charge in [-0.25, -0.2) is 0 Å². The van der Waals surface area contributed by atoms with E-state index in [9.17, 15) is 9.59 Å². The molecule has 54 heavy (non-hydrogen) atoms. The monoisotopic (exact) mass is 809 g/mol. The Balaban J connectivity index is -0.0000130. The number of nitrogens with one attached hydrogen (secondary N) is 2. The lowest BCUT2D eigenvalue weighted by molar-refractivity contribution is -0.890. The molecule has 2 amide bonds. The summed E-state index contributed by atoms with van der Waals surface area (Å²) in [4.78, 5) is 29.3. The van der Waals surface area contributed by atoms with E-state index in [1.54, 1.807) is 0 Å². The van der Waals surface area contributed by atoms with Crippen molar-refractivity contribution in [2.45, 2.75) is 156 Å². The molecule has 326 valence electrons. The minimum atomic E-state index is 0. The van der Waals surface area contributed by atoms with Gasteiger partial charge in [-0.05, 0) is 37.8 Å². The van der Waals surface area contributed by atoms with E-state index in [1.807, 2.05) is 23.9 Å². The van der Waals surface area contributed by atoms with Gasteiger partial charge in [0.15, 0.2) is 0 Å². The van der Waals surface area contributed by atoms with Crippen LogP contribution in [0.4, 0.5) is 0 Å². The van der Waals surface area contributed by atoms with Crippen molar-refractivity contribution in [3.05, 3.63) is 0 Å². The molecule has 0 rings (SSSR count). The van der Waals surface area contributed by atoms with Gasteiger partial charge >= 0.3 is 0 Å². The summed E-state index contributed by atoms with van der Waals surface area (Å²) in [6.45, 7) is 19.7. The van der Waals surface area contributed by atoms with Crippen LogP contribution in [0, 0.1) is 11.8 Å². The van der Waals surface area contributed by atoms with Crippen molar-refractivity contribution in [1.82, 2.24) is 20.4 Å². The molecule has 0 aliphatic carbocycles. The van der Waals surface area contributed by atoms with E-state index in [1.165, 1.54) is 116 Å². The van der Waals surface area contributed by atoms with Crippen molar-refractivity contribution in [2.24, 2.45) is 11.8 Å². The lowest BCUT2D eigenvalue weighted by Crippen LogP contribution is -3.00. The highest BCUT2D eigenvalue weighted by atomic mass is 35.5. The molecule has 0 bridgehead atoms. The number of halogens is 2. The van der Waals surface area contributed by atoms with E-state index in [0.717, 1.165) is 74.2 Å². The van der Waals surface area contributed by atoms with Crippen LogP contribution in [0.3, 0.4) is 0 Å². The molecule has 0 aromatic heterocycles. The van der Waals surface area contributed by atoms with Gasteiger partial charge in [0.25, 0.3) is 0 Å². The van der Waals surface area contributed by atoms with Gasteiger partial charge in [-0.15, -0.1) is 0 Å². The van der Waals surface area contributed by atoms with Gasteiger partial charge in [0.1, 0.15) is 0 Å². The fourth-order valence-electron chi connectivity index (χ4n) is 7.26. The van der Waals surface area contributed by atoms with E-state index >= 15 is 0 Å². The number of nitrogens with zero attached hydrogens (tertiary/aromatic N) is 4. The number of amides is 2. The summed E-state index contributed by atoms with van der Waals surface area (Å²) < 4.78 is 2.04. The number of quaternary nitrogens is 2. The third kappa shape index (κ3) is 35.8. The third-order valence-electron chi connectivity index (χ3n) is 11.2. The van der Waals surface area contributed by atoms with Crippen LogP contribution in [0.15, 0.2) is 0 Å². The first-order valence-corrected chi connectivity index (χ1v) is 22.3.